The van der Waals surface area contributed by atoms with Gasteiger partial charge in [0.25, 0.3) is 0 Å². The molecular weight excluding hydrogens is 240 g/mol. The van der Waals surface area contributed by atoms with Crippen LogP contribution in [0.2, 0.25) is 0 Å². The number of benzene rings is 1. The largest absolute Gasteiger partial charge is 0.375 e. The van der Waals surface area contributed by atoms with Crippen LogP contribution in [0.4, 0.5) is 0 Å². The van der Waals surface area contributed by atoms with Crippen molar-refractivity contribution in [3.63, 3.8) is 0 Å². The van der Waals surface area contributed by atoms with Crippen molar-refractivity contribution in [2.24, 2.45) is 0 Å². The Balaban J connectivity index is 1.51. The molecule has 1 aromatic heterocycles. The van der Waals surface area contributed by atoms with Crippen molar-refractivity contribution >= 4 is 0 Å². The van der Waals surface area contributed by atoms with Gasteiger partial charge in [0.2, 0.25) is 0 Å². The van der Waals surface area contributed by atoms with Gasteiger partial charge in [0.1, 0.15) is 12.2 Å². The number of H-pyrrole nitrogens is 1. The van der Waals surface area contributed by atoms with Crippen LogP contribution in [-0.4, -0.2) is 28.3 Å². The number of hydrogen-bond donors (Lipinski definition) is 2. The topological polar surface area (TPSA) is 62.8 Å². The smallest absolute Gasteiger partial charge is 0.137 e. The zero-order chi connectivity index (χ0) is 12.9. The van der Waals surface area contributed by atoms with Crippen molar-refractivity contribution in [2.45, 2.75) is 25.5 Å². The molecule has 1 aliphatic heterocycles. The Bertz CT molecular complexity index is 512. The van der Waals surface area contributed by atoms with Crippen LogP contribution in [0.25, 0.3) is 0 Å². The second-order valence-electron chi connectivity index (χ2n) is 4.76. The van der Waals surface area contributed by atoms with Gasteiger partial charge in [-0.3, -0.25) is 5.10 Å². The van der Waals surface area contributed by atoms with Crippen molar-refractivity contribution in [2.75, 3.05) is 13.2 Å². The van der Waals surface area contributed by atoms with Crippen LogP contribution in [0.5, 0.6) is 0 Å². The number of aryl methyl sites for hydroxylation is 1. The van der Waals surface area contributed by atoms with E-state index in [1.807, 2.05) is 0 Å². The lowest BCUT2D eigenvalue weighted by molar-refractivity contribution is 0.0822. The molecule has 2 aromatic rings. The maximum Gasteiger partial charge on any atom is 0.137 e. The first-order valence-electron chi connectivity index (χ1n) is 6.66. The maximum absolute atomic E-state index is 5.62. The fraction of sp³-hybridized carbons (Fsp3) is 0.429. The molecule has 1 atom stereocenters. The molecule has 5 heteroatoms. The Morgan fingerprint density at radius 1 is 1.37 bits per heavy atom. The molecule has 0 aliphatic carbocycles. The fourth-order valence-electron chi connectivity index (χ4n) is 2.43. The van der Waals surface area contributed by atoms with E-state index in [0.717, 1.165) is 38.4 Å². The minimum absolute atomic E-state index is 0.305. The molecule has 1 aliphatic rings. The molecule has 1 unspecified atom stereocenters. The molecule has 100 valence electrons. The Morgan fingerprint density at radius 2 is 2.32 bits per heavy atom. The number of aromatic nitrogens is 3. The summed E-state index contributed by atoms with van der Waals surface area (Å²) >= 11 is 0. The second kappa shape index (κ2) is 5.95. The fourth-order valence-corrected chi connectivity index (χ4v) is 2.43. The number of nitrogens with one attached hydrogen (secondary N) is 2. The van der Waals surface area contributed by atoms with E-state index < -0.39 is 0 Å². The minimum atomic E-state index is 0.305. The van der Waals surface area contributed by atoms with Gasteiger partial charge >= 0.3 is 0 Å². The lowest BCUT2D eigenvalue weighted by Crippen LogP contribution is -2.30. The molecule has 0 saturated carbocycles. The summed E-state index contributed by atoms with van der Waals surface area (Å²) < 4.78 is 5.62. The number of ether oxygens (including phenoxy) is 1. The molecule has 0 radical (unpaired) electrons. The molecule has 3 rings (SSSR count). The van der Waals surface area contributed by atoms with Crippen LogP contribution >= 0.6 is 0 Å². The monoisotopic (exact) mass is 258 g/mol. The highest BCUT2D eigenvalue weighted by molar-refractivity contribution is 5.30. The first-order valence-corrected chi connectivity index (χ1v) is 6.66. The van der Waals surface area contributed by atoms with Crippen molar-refractivity contribution in [3.05, 3.63) is 47.5 Å². The SMILES string of the molecule is c1ccc2c(c1)COCC2NCCCc1ncn[nH]1. The van der Waals surface area contributed by atoms with E-state index in [1.54, 1.807) is 6.33 Å². The Labute approximate surface area is 112 Å². The second-order valence-corrected chi connectivity index (χ2v) is 4.76. The van der Waals surface area contributed by atoms with E-state index in [0.29, 0.717) is 6.04 Å². The minimum Gasteiger partial charge on any atom is -0.375 e. The van der Waals surface area contributed by atoms with Crippen LogP contribution < -0.4 is 5.32 Å². The third kappa shape index (κ3) is 3.00. The average molecular weight is 258 g/mol. The van der Waals surface area contributed by atoms with Gasteiger partial charge in [-0.15, -0.1) is 0 Å². The van der Waals surface area contributed by atoms with Gasteiger partial charge < -0.3 is 10.1 Å². The standard InChI is InChI=1S/C14H18N4O/c1-2-5-12-11(4-1)8-19-9-13(12)15-7-3-6-14-16-10-17-18-14/h1-2,4-5,10,13,15H,3,6-9H2,(H,16,17,18). The lowest BCUT2D eigenvalue weighted by Gasteiger charge is -2.26. The maximum atomic E-state index is 5.62. The number of aromatic amines is 1. The highest BCUT2D eigenvalue weighted by Gasteiger charge is 2.19. The van der Waals surface area contributed by atoms with Gasteiger partial charge in [-0.1, -0.05) is 24.3 Å². The van der Waals surface area contributed by atoms with Crippen molar-refractivity contribution < 1.29 is 4.74 Å². The van der Waals surface area contributed by atoms with Gasteiger partial charge in [-0.05, 0) is 24.1 Å². The number of hydrogen-bond acceptors (Lipinski definition) is 4. The number of rotatable bonds is 5. The molecule has 0 saturated heterocycles. The molecule has 2 N–H and O–H groups in total. The first-order chi connectivity index (χ1) is 9.43. The Morgan fingerprint density at radius 3 is 3.21 bits per heavy atom. The van der Waals surface area contributed by atoms with E-state index in [-0.39, 0.29) is 0 Å². The highest BCUT2D eigenvalue weighted by atomic mass is 16.5. The van der Waals surface area contributed by atoms with Crippen LogP contribution in [0.15, 0.2) is 30.6 Å². The summed E-state index contributed by atoms with van der Waals surface area (Å²) in [5.74, 6) is 0.946. The van der Waals surface area contributed by atoms with Crippen molar-refractivity contribution in [1.29, 1.82) is 0 Å². The van der Waals surface area contributed by atoms with Gasteiger partial charge in [-0.25, -0.2) is 4.98 Å². The summed E-state index contributed by atoms with van der Waals surface area (Å²) in [5, 5.41) is 10.3. The van der Waals surface area contributed by atoms with E-state index in [2.05, 4.69) is 44.8 Å². The summed E-state index contributed by atoms with van der Waals surface area (Å²) in [6.07, 6.45) is 3.50. The Hall–Kier alpha value is -1.72. The summed E-state index contributed by atoms with van der Waals surface area (Å²) in [5.41, 5.74) is 2.66. The third-order valence-electron chi connectivity index (χ3n) is 3.42. The lowest BCUT2D eigenvalue weighted by atomic mass is 9.99. The van der Waals surface area contributed by atoms with E-state index in [9.17, 15) is 0 Å². The number of fused-ring (bicyclic) bond motifs is 1. The molecule has 19 heavy (non-hydrogen) atoms. The molecule has 0 spiro atoms. The summed E-state index contributed by atoms with van der Waals surface area (Å²) in [6.45, 7) is 2.43. The van der Waals surface area contributed by atoms with Gasteiger partial charge in [0.05, 0.1) is 19.3 Å². The zero-order valence-corrected chi connectivity index (χ0v) is 10.8. The molecule has 5 nitrogen and oxygen atoms in total. The van der Waals surface area contributed by atoms with Crippen LogP contribution in [-0.2, 0) is 17.8 Å². The van der Waals surface area contributed by atoms with Crippen molar-refractivity contribution in [3.8, 4) is 0 Å². The molecular formula is C14H18N4O. The van der Waals surface area contributed by atoms with E-state index >= 15 is 0 Å². The summed E-state index contributed by atoms with van der Waals surface area (Å²) in [6, 6.07) is 8.78. The van der Waals surface area contributed by atoms with Gasteiger partial charge in [0.15, 0.2) is 0 Å². The average Bonchev–Trinajstić information content (AvgIpc) is 2.97. The van der Waals surface area contributed by atoms with Crippen LogP contribution in [0.1, 0.15) is 29.4 Å². The summed E-state index contributed by atoms with van der Waals surface area (Å²) in [4.78, 5) is 4.12. The van der Waals surface area contributed by atoms with E-state index in [1.165, 1.54) is 11.1 Å². The summed E-state index contributed by atoms with van der Waals surface area (Å²) in [7, 11) is 0. The molecule has 0 fully saturated rings. The van der Waals surface area contributed by atoms with Crippen LogP contribution in [0, 0.1) is 0 Å². The highest BCUT2D eigenvalue weighted by Crippen LogP contribution is 2.24. The first kappa shape index (κ1) is 12.3. The zero-order valence-electron chi connectivity index (χ0n) is 10.8. The van der Waals surface area contributed by atoms with Crippen molar-refractivity contribution in [1.82, 2.24) is 20.5 Å². The van der Waals surface area contributed by atoms with E-state index in [4.69, 9.17) is 4.74 Å². The predicted molar refractivity (Wildman–Crippen MR) is 71.5 cm³/mol. The molecule has 1 aromatic carbocycles. The van der Waals surface area contributed by atoms with Gasteiger partial charge in [0, 0.05) is 6.42 Å². The predicted octanol–water partition coefficient (Wildman–Crippen LogP) is 1.60. The van der Waals surface area contributed by atoms with Crippen LogP contribution in [0.3, 0.4) is 0 Å². The quantitative estimate of drug-likeness (QED) is 0.800. The number of nitrogens with zero attached hydrogens (tertiary/aromatic N) is 2. The Kier molecular flexibility index (Phi) is 3.86. The molecule has 0 bridgehead atoms. The molecule has 0 amide bonds. The van der Waals surface area contributed by atoms with Gasteiger partial charge in [-0.2, -0.15) is 5.10 Å². The third-order valence-corrected chi connectivity index (χ3v) is 3.42. The normalized spacial score (nSPS) is 18.2. The molecule has 2 heterocycles.